The molecule has 0 bridgehead atoms. The lowest BCUT2D eigenvalue weighted by Crippen LogP contribution is -2.22. The Kier molecular flexibility index (Phi) is 16.0. The molecule has 1 heterocycles. The van der Waals surface area contributed by atoms with E-state index in [4.69, 9.17) is 9.47 Å². The van der Waals surface area contributed by atoms with E-state index in [-0.39, 0.29) is 5.79 Å². The highest BCUT2D eigenvalue weighted by Crippen LogP contribution is 2.24. The molecule has 3 heteroatoms. The maximum atomic E-state index is 5.81. The maximum absolute atomic E-state index is 5.81. The molecule has 23 heavy (non-hydrogen) atoms. The van der Waals surface area contributed by atoms with Crippen molar-refractivity contribution in [3.63, 3.8) is 0 Å². The summed E-state index contributed by atoms with van der Waals surface area (Å²) in [5.41, 5.74) is 0. The van der Waals surface area contributed by atoms with Gasteiger partial charge in [0, 0.05) is 5.75 Å². The maximum Gasteiger partial charge on any atom is 0.163 e. The van der Waals surface area contributed by atoms with Crippen molar-refractivity contribution in [3.8, 4) is 0 Å². The number of ether oxygens (including phenoxy) is 2. The Hall–Kier alpha value is 0.270. The van der Waals surface area contributed by atoms with E-state index in [1.54, 1.807) is 0 Å². The summed E-state index contributed by atoms with van der Waals surface area (Å²) in [7, 11) is 0. The van der Waals surface area contributed by atoms with Crippen LogP contribution in [-0.2, 0) is 9.47 Å². The predicted octanol–water partition coefficient (Wildman–Crippen LogP) is 6.82. The van der Waals surface area contributed by atoms with Crippen LogP contribution in [0.5, 0.6) is 0 Å². The number of rotatable bonds is 13. The molecular weight excluding hydrogens is 304 g/mol. The molecule has 1 unspecified atom stereocenters. The molecule has 140 valence electrons. The van der Waals surface area contributed by atoms with Crippen molar-refractivity contribution >= 4 is 11.8 Å². The van der Waals surface area contributed by atoms with E-state index in [1.165, 1.54) is 70.0 Å². The van der Waals surface area contributed by atoms with Crippen LogP contribution in [0.4, 0.5) is 0 Å². The lowest BCUT2D eigenvalue weighted by Gasteiger charge is -2.16. The molecule has 0 aromatic heterocycles. The lowest BCUT2D eigenvalue weighted by molar-refractivity contribution is -0.135. The zero-order valence-electron chi connectivity index (χ0n) is 16.5. The fourth-order valence-corrected chi connectivity index (χ4v) is 3.75. The van der Waals surface area contributed by atoms with Crippen molar-refractivity contribution in [2.75, 3.05) is 18.1 Å². The molecule has 1 atom stereocenters. The molecular formula is C20H42O2S. The first-order valence-corrected chi connectivity index (χ1v) is 11.2. The summed E-state index contributed by atoms with van der Waals surface area (Å²) in [6.07, 6.45) is 14.5. The van der Waals surface area contributed by atoms with Crippen LogP contribution in [0.15, 0.2) is 0 Å². The van der Waals surface area contributed by atoms with Crippen LogP contribution < -0.4 is 0 Å². The van der Waals surface area contributed by atoms with Crippen LogP contribution in [0, 0.1) is 0 Å². The normalized spacial score (nSPS) is 19.4. The third-order valence-corrected chi connectivity index (χ3v) is 5.20. The summed E-state index contributed by atoms with van der Waals surface area (Å²) in [5.74, 6) is 2.00. The van der Waals surface area contributed by atoms with Gasteiger partial charge < -0.3 is 9.47 Å². The third-order valence-electron chi connectivity index (χ3n) is 4.01. The fraction of sp³-hybridized carbons (Fsp3) is 1.00. The largest absolute Gasteiger partial charge is 0.348 e. The van der Waals surface area contributed by atoms with Crippen molar-refractivity contribution in [1.82, 2.24) is 0 Å². The quantitative estimate of drug-likeness (QED) is 0.341. The van der Waals surface area contributed by atoms with Gasteiger partial charge in [0.2, 0.25) is 0 Å². The Morgan fingerprint density at radius 1 is 0.870 bits per heavy atom. The SMILES string of the molecule is CC.CCCCCCCCCCCCSCC1COC(C)(C)O1. The Morgan fingerprint density at radius 3 is 1.87 bits per heavy atom. The van der Waals surface area contributed by atoms with Crippen molar-refractivity contribution in [2.45, 2.75) is 111 Å². The Morgan fingerprint density at radius 2 is 1.39 bits per heavy atom. The molecule has 0 radical (unpaired) electrons. The van der Waals surface area contributed by atoms with Crippen LogP contribution in [0.25, 0.3) is 0 Å². The molecule has 1 saturated heterocycles. The lowest BCUT2D eigenvalue weighted by atomic mass is 10.1. The number of thioether (sulfide) groups is 1. The van der Waals surface area contributed by atoms with Gasteiger partial charge in [-0.05, 0) is 26.0 Å². The van der Waals surface area contributed by atoms with Gasteiger partial charge in [-0.15, -0.1) is 0 Å². The zero-order chi connectivity index (χ0) is 17.4. The predicted molar refractivity (Wildman–Crippen MR) is 105 cm³/mol. The highest BCUT2D eigenvalue weighted by atomic mass is 32.2. The first kappa shape index (κ1) is 23.3. The second kappa shape index (κ2) is 15.8. The number of hydrogen-bond acceptors (Lipinski definition) is 3. The molecule has 2 nitrogen and oxygen atoms in total. The van der Waals surface area contributed by atoms with Crippen LogP contribution >= 0.6 is 11.8 Å². The Bertz CT molecular complexity index is 244. The van der Waals surface area contributed by atoms with Gasteiger partial charge in [0.05, 0.1) is 12.7 Å². The summed E-state index contributed by atoms with van der Waals surface area (Å²) in [4.78, 5) is 0. The van der Waals surface area contributed by atoms with Crippen molar-refractivity contribution in [2.24, 2.45) is 0 Å². The topological polar surface area (TPSA) is 18.5 Å². The summed E-state index contributed by atoms with van der Waals surface area (Å²) >= 11 is 2.02. The second-order valence-electron chi connectivity index (χ2n) is 6.71. The highest BCUT2D eigenvalue weighted by molar-refractivity contribution is 7.99. The van der Waals surface area contributed by atoms with E-state index < -0.39 is 0 Å². The van der Waals surface area contributed by atoms with E-state index in [9.17, 15) is 0 Å². The van der Waals surface area contributed by atoms with Gasteiger partial charge in [-0.1, -0.05) is 78.6 Å². The minimum Gasteiger partial charge on any atom is -0.348 e. The van der Waals surface area contributed by atoms with Crippen molar-refractivity contribution in [3.05, 3.63) is 0 Å². The monoisotopic (exact) mass is 346 g/mol. The Labute approximate surface area is 150 Å². The molecule has 0 N–H and O–H groups in total. The smallest absolute Gasteiger partial charge is 0.163 e. The van der Waals surface area contributed by atoms with Crippen molar-refractivity contribution < 1.29 is 9.47 Å². The van der Waals surface area contributed by atoms with Crippen LogP contribution in [0.2, 0.25) is 0 Å². The molecule has 0 aromatic carbocycles. The first-order valence-electron chi connectivity index (χ1n) is 10.0. The van der Waals surface area contributed by atoms with E-state index in [0.29, 0.717) is 6.10 Å². The van der Waals surface area contributed by atoms with Gasteiger partial charge in [0.25, 0.3) is 0 Å². The summed E-state index contributed by atoms with van der Waals surface area (Å²) < 4.78 is 11.4. The zero-order valence-corrected chi connectivity index (χ0v) is 17.3. The minimum atomic E-state index is -0.359. The van der Waals surface area contributed by atoms with E-state index in [0.717, 1.165) is 12.4 Å². The molecule has 1 rings (SSSR count). The molecule has 0 amide bonds. The average Bonchev–Trinajstić information content (AvgIpc) is 2.89. The van der Waals surface area contributed by atoms with Crippen LogP contribution in [-0.4, -0.2) is 30.0 Å². The average molecular weight is 347 g/mol. The number of unbranched alkanes of at least 4 members (excludes halogenated alkanes) is 9. The van der Waals surface area contributed by atoms with E-state index in [1.807, 2.05) is 39.5 Å². The summed E-state index contributed by atoms with van der Waals surface area (Å²) in [6, 6.07) is 0. The Balaban J connectivity index is 0.00000232. The molecule has 1 aliphatic heterocycles. The molecule has 0 spiro atoms. The first-order chi connectivity index (χ1) is 11.1. The van der Waals surface area contributed by atoms with Crippen LogP contribution in [0.1, 0.15) is 98.8 Å². The van der Waals surface area contributed by atoms with Gasteiger partial charge in [-0.2, -0.15) is 11.8 Å². The highest BCUT2D eigenvalue weighted by Gasteiger charge is 2.32. The molecule has 1 fully saturated rings. The van der Waals surface area contributed by atoms with E-state index in [2.05, 4.69) is 6.92 Å². The van der Waals surface area contributed by atoms with Gasteiger partial charge in [0.15, 0.2) is 5.79 Å². The second-order valence-corrected chi connectivity index (χ2v) is 7.86. The number of hydrogen-bond donors (Lipinski definition) is 0. The van der Waals surface area contributed by atoms with Gasteiger partial charge in [0.1, 0.15) is 0 Å². The van der Waals surface area contributed by atoms with Gasteiger partial charge in [-0.3, -0.25) is 0 Å². The molecule has 0 aromatic rings. The van der Waals surface area contributed by atoms with Gasteiger partial charge in [-0.25, -0.2) is 0 Å². The minimum absolute atomic E-state index is 0.299. The fourth-order valence-electron chi connectivity index (χ4n) is 2.75. The molecule has 0 aliphatic carbocycles. The third kappa shape index (κ3) is 14.3. The van der Waals surface area contributed by atoms with Crippen molar-refractivity contribution in [1.29, 1.82) is 0 Å². The summed E-state index contributed by atoms with van der Waals surface area (Å²) in [6.45, 7) is 11.0. The molecule has 1 aliphatic rings. The van der Waals surface area contributed by atoms with Crippen LogP contribution in [0.3, 0.4) is 0 Å². The summed E-state index contributed by atoms with van der Waals surface area (Å²) in [5, 5.41) is 0. The van der Waals surface area contributed by atoms with Gasteiger partial charge >= 0.3 is 0 Å². The standard InChI is InChI=1S/C18H36O2S.C2H6/c1-4-5-6-7-8-9-10-11-12-13-14-21-16-17-15-19-18(2,3)20-17;1-2/h17H,4-16H2,1-3H3;1-2H3. The van der Waals surface area contributed by atoms with E-state index >= 15 is 0 Å². The molecule has 0 saturated carbocycles.